The Kier molecular flexibility index (Phi) is 3.52. The Bertz CT molecular complexity index is 468. The number of hydrogen-bond donors (Lipinski definition) is 3. The van der Waals surface area contributed by atoms with E-state index >= 15 is 0 Å². The van der Waals surface area contributed by atoms with Crippen LogP contribution in [0.4, 0.5) is 0 Å². The van der Waals surface area contributed by atoms with Crippen LogP contribution in [0.3, 0.4) is 0 Å². The summed E-state index contributed by atoms with van der Waals surface area (Å²) in [5.74, 6) is 0. The predicted molar refractivity (Wildman–Crippen MR) is 60.8 cm³/mol. The highest BCUT2D eigenvalue weighted by Crippen LogP contribution is 2.31. The van der Waals surface area contributed by atoms with Crippen molar-refractivity contribution in [2.75, 3.05) is 6.61 Å². The number of ether oxygens (including phenoxy) is 1. The molecule has 88 valence electrons. The smallest absolute Gasteiger partial charge is 0.257 e. The van der Waals surface area contributed by atoms with E-state index in [1.165, 1.54) is 0 Å². The van der Waals surface area contributed by atoms with Crippen molar-refractivity contribution in [2.24, 2.45) is 0 Å². The molecule has 0 bridgehead atoms. The average molecular weight is 242 g/mol. The molecule has 0 spiro atoms. The molecule has 2 atom stereocenters. The molecule has 1 aliphatic rings. The molecule has 1 saturated heterocycles. The molecule has 6 heteroatoms. The summed E-state index contributed by atoms with van der Waals surface area (Å²) in [6.07, 6.45) is 3.77. The van der Waals surface area contributed by atoms with Gasteiger partial charge in [-0.05, 0) is 31.5 Å². The summed E-state index contributed by atoms with van der Waals surface area (Å²) in [5, 5.41) is 8.81. The fourth-order valence-electron chi connectivity index (χ4n) is 1.95. The Morgan fingerprint density at radius 2 is 2.38 bits per heavy atom. The van der Waals surface area contributed by atoms with Crippen LogP contribution in [0.15, 0.2) is 11.0 Å². The number of aliphatic hydroxyl groups excluding tert-OH is 1. The number of rotatable bonds is 3. The van der Waals surface area contributed by atoms with Crippen molar-refractivity contribution in [3.8, 4) is 0 Å². The maximum absolute atomic E-state index is 11.6. The monoisotopic (exact) mass is 242 g/mol. The fraction of sp³-hybridized carbons (Fsp3) is 0.600. The summed E-state index contributed by atoms with van der Waals surface area (Å²) in [4.78, 5) is 17.0. The maximum Gasteiger partial charge on any atom is 0.257 e. The van der Waals surface area contributed by atoms with Crippen molar-refractivity contribution in [3.63, 3.8) is 0 Å². The summed E-state index contributed by atoms with van der Waals surface area (Å²) < 4.78 is 5.99. The number of aliphatic hydroxyl groups is 1. The average Bonchev–Trinajstić information content (AvgIpc) is 2.67. The summed E-state index contributed by atoms with van der Waals surface area (Å²) in [6.45, 7) is 0.116. The summed E-state index contributed by atoms with van der Waals surface area (Å²) in [6, 6.07) is 0. The summed E-state index contributed by atoms with van der Waals surface area (Å²) >= 11 is 4.81. The predicted octanol–water partition coefficient (Wildman–Crippen LogP) is 1.03. The second-order valence-electron chi connectivity index (χ2n) is 3.86. The third-order valence-electron chi connectivity index (χ3n) is 2.75. The number of aromatic amines is 2. The number of hydrogen-bond acceptors (Lipinski definition) is 4. The van der Waals surface area contributed by atoms with Gasteiger partial charge < -0.3 is 14.8 Å². The van der Waals surface area contributed by atoms with Gasteiger partial charge in [-0.3, -0.25) is 9.78 Å². The van der Waals surface area contributed by atoms with Gasteiger partial charge >= 0.3 is 0 Å². The van der Waals surface area contributed by atoms with E-state index in [1.807, 2.05) is 0 Å². The molecule has 1 aromatic rings. The van der Waals surface area contributed by atoms with Gasteiger partial charge in [-0.15, -0.1) is 0 Å². The van der Waals surface area contributed by atoms with Crippen LogP contribution in [-0.4, -0.2) is 27.8 Å². The molecule has 2 heterocycles. The highest BCUT2D eigenvalue weighted by Gasteiger charge is 2.27. The van der Waals surface area contributed by atoms with Crippen LogP contribution < -0.4 is 5.56 Å². The minimum Gasteiger partial charge on any atom is -0.396 e. The second kappa shape index (κ2) is 4.90. The Hall–Kier alpha value is -0.980. The molecule has 0 amide bonds. The van der Waals surface area contributed by atoms with Crippen molar-refractivity contribution in [1.29, 1.82) is 0 Å². The van der Waals surface area contributed by atoms with E-state index in [4.69, 9.17) is 22.1 Å². The highest BCUT2D eigenvalue weighted by atomic mass is 32.1. The Morgan fingerprint density at radius 3 is 3.06 bits per heavy atom. The third kappa shape index (κ3) is 2.40. The fourth-order valence-corrected chi connectivity index (χ4v) is 2.10. The van der Waals surface area contributed by atoms with E-state index in [-0.39, 0.29) is 24.4 Å². The first kappa shape index (κ1) is 11.5. The molecule has 0 saturated carbocycles. The minimum absolute atomic E-state index is 0.0533. The van der Waals surface area contributed by atoms with Crippen molar-refractivity contribution < 1.29 is 9.84 Å². The first-order valence-corrected chi connectivity index (χ1v) is 5.69. The first-order chi connectivity index (χ1) is 7.70. The third-order valence-corrected chi connectivity index (χ3v) is 2.97. The van der Waals surface area contributed by atoms with Gasteiger partial charge in [0, 0.05) is 12.8 Å². The first-order valence-electron chi connectivity index (χ1n) is 5.29. The lowest BCUT2D eigenvalue weighted by Gasteiger charge is -2.11. The van der Waals surface area contributed by atoms with Gasteiger partial charge in [-0.2, -0.15) is 0 Å². The van der Waals surface area contributed by atoms with Crippen LogP contribution in [0.1, 0.15) is 30.9 Å². The zero-order valence-electron chi connectivity index (χ0n) is 8.73. The molecule has 1 fully saturated rings. The summed E-state index contributed by atoms with van der Waals surface area (Å²) in [7, 11) is 0. The lowest BCUT2D eigenvalue weighted by molar-refractivity contribution is 0.0296. The Labute approximate surface area is 97.5 Å². The van der Waals surface area contributed by atoms with E-state index < -0.39 is 0 Å². The number of aromatic nitrogens is 2. The van der Waals surface area contributed by atoms with Gasteiger partial charge in [0.05, 0.1) is 17.8 Å². The van der Waals surface area contributed by atoms with Crippen molar-refractivity contribution in [2.45, 2.75) is 31.5 Å². The summed E-state index contributed by atoms with van der Waals surface area (Å²) in [5.41, 5.74) is 0.382. The SMILES string of the molecule is O=c1[nH]c(=S)[nH]cc1C1CCC(CCO)O1. The molecule has 0 radical (unpaired) electrons. The molecule has 0 aromatic carbocycles. The second-order valence-corrected chi connectivity index (χ2v) is 4.27. The Balaban J connectivity index is 2.14. The van der Waals surface area contributed by atoms with Crippen LogP contribution in [0.5, 0.6) is 0 Å². The van der Waals surface area contributed by atoms with Crippen LogP contribution in [0.2, 0.25) is 0 Å². The van der Waals surface area contributed by atoms with Gasteiger partial charge in [-0.1, -0.05) is 0 Å². The number of nitrogens with one attached hydrogen (secondary N) is 2. The molecule has 1 aromatic heterocycles. The van der Waals surface area contributed by atoms with E-state index in [0.717, 1.165) is 12.8 Å². The van der Waals surface area contributed by atoms with E-state index in [0.29, 0.717) is 16.8 Å². The molecule has 5 nitrogen and oxygen atoms in total. The zero-order chi connectivity index (χ0) is 11.5. The molecule has 1 aliphatic heterocycles. The number of H-pyrrole nitrogens is 2. The van der Waals surface area contributed by atoms with Crippen molar-refractivity contribution in [1.82, 2.24) is 9.97 Å². The van der Waals surface area contributed by atoms with Crippen LogP contribution in [0, 0.1) is 4.77 Å². The molecule has 16 heavy (non-hydrogen) atoms. The van der Waals surface area contributed by atoms with E-state index in [9.17, 15) is 4.79 Å². The lowest BCUT2D eigenvalue weighted by Crippen LogP contribution is -2.18. The van der Waals surface area contributed by atoms with Crippen molar-refractivity contribution >= 4 is 12.2 Å². The molecular weight excluding hydrogens is 228 g/mol. The van der Waals surface area contributed by atoms with Crippen LogP contribution in [0.25, 0.3) is 0 Å². The molecule has 2 rings (SSSR count). The largest absolute Gasteiger partial charge is 0.396 e. The van der Waals surface area contributed by atoms with Crippen LogP contribution in [-0.2, 0) is 4.74 Å². The lowest BCUT2D eigenvalue weighted by atomic mass is 10.1. The van der Waals surface area contributed by atoms with Gasteiger partial charge in [0.1, 0.15) is 0 Å². The molecular formula is C10H14N2O3S. The highest BCUT2D eigenvalue weighted by molar-refractivity contribution is 7.71. The zero-order valence-corrected chi connectivity index (χ0v) is 9.55. The molecule has 0 aliphatic carbocycles. The Morgan fingerprint density at radius 1 is 1.56 bits per heavy atom. The van der Waals surface area contributed by atoms with E-state index in [1.54, 1.807) is 6.20 Å². The normalized spacial score (nSPS) is 24.8. The standard InChI is InChI=1S/C10H14N2O3S/c13-4-3-6-1-2-8(15-6)7-5-11-10(16)12-9(7)14/h5-6,8,13H,1-4H2,(H2,11,12,14,16). The van der Waals surface area contributed by atoms with E-state index in [2.05, 4.69) is 9.97 Å². The molecule has 3 N–H and O–H groups in total. The topological polar surface area (TPSA) is 78.1 Å². The van der Waals surface area contributed by atoms with Gasteiger partial charge in [0.25, 0.3) is 5.56 Å². The maximum atomic E-state index is 11.6. The van der Waals surface area contributed by atoms with Gasteiger partial charge in [-0.25, -0.2) is 0 Å². The van der Waals surface area contributed by atoms with Crippen molar-refractivity contribution in [3.05, 3.63) is 26.9 Å². The minimum atomic E-state index is -0.196. The molecule has 2 unspecified atom stereocenters. The van der Waals surface area contributed by atoms with Gasteiger partial charge in [0.15, 0.2) is 4.77 Å². The quantitative estimate of drug-likeness (QED) is 0.692. The van der Waals surface area contributed by atoms with Crippen LogP contribution >= 0.6 is 12.2 Å². The van der Waals surface area contributed by atoms with Gasteiger partial charge in [0.2, 0.25) is 0 Å².